The number of carbonyl (C=O) groups excluding carboxylic acids is 1. The van der Waals surface area contributed by atoms with Crippen molar-refractivity contribution in [2.75, 3.05) is 13.1 Å². The molecule has 1 aromatic carbocycles. The standard InChI is InChI=1S/C16H24Cl2N2O/c1-4-15(12-5-6-13(17)14(18)9-12)19-8-7-16(21)20-10-11(2)3/h5-6,9,11,15,19H,4,7-8,10H2,1-3H3,(H,20,21). The zero-order valence-electron chi connectivity index (χ0n) is 12.9. The molecule has 1 atom stereocenters. The average Bonchev–Trinajstić information content (AvgIpc) is 2.44. The summed E-state index contributed by atoms with van der Waals surface area (Å²) in [5, 5.41) is 7.42. The first-order valence-electron chi connectivity index (χ1n) is 7.39. The maximum atomic E-state index is 11.7. The normalized spacial score (nSPS) is 12.5. The number of rotatable bonds is 8. The SMILES string of the molecule is CCC(NCCC(=O)NCC(C)C)c1ccc(Cl)c(Cl)c1. The highest BCUT2D eigenvalue weighted by Gasteiger charge is 2.11. The summed E-state index contributed by atoms with van der Waals surface area (Å²) in [6, 6.07) is 5.83. The van der Waals surface area contributed by atoms with Crippen LogP contribution in [0.25, 0.3) is 0 Å². The number of hydrogen-bond acceptors (Lipinski definition) is 2. The lowest BCUT2D eigenvalue weighted by atomic mass is 10.0. The molecular weight excluding hydrogens is 307 g/mol. The summed E-state index contributed by atoms with van der Waals surface area (Å²) < 4.78 is 0. The van der Waals surface area contributed by atoms with Crippen molar-refractivity contribution >= 4 is 29.1 Å². The van der Waals surface area contributed by atoms with Crippen molar-refractivity contribution in [3.8, 4) is 0 Å². The number of carbonyl (C=O) groups is 1. The van der Waals surface area contributed by atoms with Gasteiger partial charge in [0, 0.05) is 25.6 Å². The van der Waals surface area contributed by atoms with Gasteiger partial charge in [0.05, 0.1) is 10.0 Å². The van der Waals surface area contributed by atoms with Gasteiger partial charge in [0.25, 0.3) is 0 Å². The van der Waals surface area contributed by atoms with Crippen molar-refractivity contribution in [1.29, 1.82) is 0 Å². The van der Waals surface area contributed by atoms with E-state index < -0.39 is 0 Å². The van der Waals surface area contributed by atoms with E-state index in [0.717, 1.165) is 18.5 Å². The molecule has 1 aromatic rings. The Bertz CT molecular complexity index is 464. The highest BCUT2D eigenvalue weighted by molar-refractivity contribution is 6.42. The molecule has 1 rings (SSSR count). The van der Waals surface area contributed by atoms with Gasteiger partial charge in [-0.2, -0.15) is 0 Å². The van der Waals surface area contributed by atoms with E-state index in [1.807, 2.05) is 12.1 Å². The number of hydrogen-bond donors (Lipinski definition) is 2. The van der Waals surface area contributed by atoms with Crippen molar-refractivity contribution in [1.82, 2.24) is 10.6 Å². The first-order valence-corrected chi connectivity index (χ1v) is 8.14. The van der Waals surface area contributed by atoms with Crippen LogP contribution in [0.3, 0.4) is 0 Å². The molecule has 0 aliphatic heterocycles. The highest BCUT2D eigenvalue weighted by atomic mass is 35.5. The van der Waals surface area contributed by atoms with Crippen LogP contribution in [0.1, 0.15) is 45.2 Å². The van der Waals surface area contributed by atoms with Gasteiger partial charge in [0.15, 0.2) is 0 Å². The average molecular weight is 331 g/mol. The van der Waals surface area contributed by atoms with E-state index in [2.05, 4.69) is 31.4 Å². The van der Waals surface area contributed by atoms with Gasteiger partial charge in [0.2, 0.25) is 5.91 Å². The smallest absolute Gasteiger partial charge is 0.221 e. The summed E-state index contributed by atoms with van der Waals surface area (Å²) in [4.78, 5) is 11.7. The molecule has 5 heteroatoms. The van der Waals surface area contributed by atoms with Gasteiger partial charge >= 0.3 is 0 Å². The minimum absolute atomic E-state index is 0.0835. The quantitative estimate of drug-likeness (QED) is 0.750. The van der Waals surface area contributed by atoms with Crippen LogP contribution in [0.5, 0.6) is 0 Å². The van der Waals surface area contributed by atoms with Gasteiger partial charge in [-0.3, -0.25) is 4.79 Å². The Morgan fingerprint density at radius 2 is 1.95 bits per heavy atom. The molecular formula is C16H24Cl2N2O. The van der Waals surface area contributed by atoms with Crippen LogP contribution >= 0.6 is 23.2 Å². The van der Waals surface area contributed by atoms with E-state index in [1.54, 1.807) is 6.07 Å². The van der Waals surface area contributed by atoms with E-state index in [9.17, 15) is 4.79 Å². The van der Waals surface area contributed by atoms with E-state index in [1.165, 1.54) is 0 Å². The van der Waals surface area contributed by atoms with E-state index in [-0.39, 0.29) is 11.9 Å². The first kappa shape index (κ1) is 18.3. The highest BCUT2D eigenvalue weighted by Crippen LogP contribution is 2.26. The molecule has 0 aromatic heterocycles. The van der Waals surface area contributed by atoms with Crippen LogP contribution in [0.4, 0.5) is 0 Å². The van der Waals surface area contributed by atoms with Crippen LogP contribution in [0.2, 0.25) is 10.0 Å². The summed E-state index contributed by atoms with van der Waals surface area (Å²) in [6.45, 7) is 7.62. The molecule has 0 bridgehead atoms. The molecule has 118 valence electrons. The first-order chi connectivity index (χ1) is 9.93. The Morgan fingerprint density at radius 1 is 1.24 bits per heavy atom. The summed E-state index contributed by atoms with van der Waals surface area (Å²) in [5.41, 5.74) is 1.09. The minimum atomic E-state index is 0.0835. The lowest BCUT2D eigenvalue weighted by Crippen LogP contribution is -2.31. The van der Waals surface area contributed by atoms with Gasteiger partial charge in [0.1, 0.15) is 0 Å². The Kier molecular flexibility index (Phi) is 8.09. The Labute approximate surface area is 137 Å². The zero-order valence-corrected chi connectivity index (χ0v) is 14.4. The third-order valence-corrected chi connectivity index (χ3v) is 3.94. The second-order valence-electron chi connectivity index (χ2n) is 5.54. The van der Waals surface area contributed by atoms with Gasteiger partial charge in [-0.05, 0) is 30.0 Å². The molecule has 1 unspecified atom stereocenters. The van der Waals surface area contributed by atoms with Crippen molar-refractivity contribution in [2.45, 2.75) is 39.7 Å². The van der Waals surface area contributed by atoms with Crippen LogP contribution in [-0.2, 0) is 4.79 Å². The lowest BCUT2D eigenvalue weighted by molar-refractivity contribution is -0.121. The maximum Gasteiger partial charge on any atom is 0.221 e. The van der Waals surface area contributed by atoms with Crippen molar-refractivity contribution < 1.29 is 4.79 Å². The van der Waals surface area contributed by atoms with Gasteiger partial charge in [-0.15, -0.1) is 0 Å². The molecule has 0 saturated carbocycles. The zero-order chi connectivity index (χ0) is 15.8. The molecule has 3 nitrogen and oxygen atoms in total. The summed E-state index contributed by atoms with van der Waals surface area (Å²) in [5.74, 6) is 0.557. The summed E-state index contributed by atoms with van der Waals surface area (Å²) in [6.07, 6.45) is 1.40. The number of benzene rings is 1. The van der Waals surface area contributed by atoms with E-state index >= 15 is 0 Å². The molecule has 0 fully saturated rings. The Morgan fingerprint density at radius 3 is 2.52 bits per heavy atom. The molecule has 0 aliphatic rings. The summed E-state index contributed by atoms with van der Waals surface area (Å²) in [7, 11) is 0. The fourth-order valence-corrected chi connectivity index (χ4v) is 2.30. The van der Waals surface area contributed by atoms with Crippen molar-refractivity contribution in [2.24, 2.45) is 5.92 Å². The van der Waals surface area contributed by atoms with Gasteiger partial charge in [-0.25, -0.2) is 0 Å². The second-order valence-corrected chi connectivity index (χ2v) is 6.35. The number of amides is 1. The number of nitrogens with one attached hydrogen (secondary N) is 2. The second kappa shape index (κ2) is 9.29. The van der Waals surface area contributed by atoms with Gasteiger partial charge in [-0.1, -0.05) is 50.0 Å². The lowest BCUT2D eigenvalue weighted by Gasteiger charge is -2.18. The topological polar surface area (TPSA) is 41.1 Å². The van der Waals surface area contributed by atoms with Crippen LogP contribution < -0.4 is 10.6 Å². The molecule has 0 radical (unpaired) electrons. The van der Waals surface area contributed by atoms with Crippen LogP contribution in [-0.4, -0.2) is 19.0 Å². The van der Waals surface area contributed by atoms with Crippen LogP contribution in [0.15, 0.2) is 18.2 Å². The molecule has 0 aliphatic carbocycles. The monoisotopic (exact) mass is 330 g/mol. The minimum Gasteiger partial charge on any atom is -0.356 e. The van der Waals surface area contributed by atoms with Gasteiger partial charge < -0.3 is 10.6 Å². The molecule has 0 heterocycles. The predicted molar refractivity (Wildman–Crippen MR) is 90.0 cm³/mol. The third-order valence-electron chi connectivity index (χ3n) is 3.20. The third kappa shape index (κ3) is 6.68. The Balaban J connectivity index is 2.44. The fourth-order valence-electron chi connectivity index (χ4n) is 1.99. The predicted octanol–water partition coefficient (Wildman–Crippen LogP) is 4.20. The molecule has 0 spiro atoms. The van der Waals surface area contributed by atoms with E-state index in [4.69, 9.17) is 23.2 Å². The number of halogens is 2. The molecule has 0 saturated heterocycles. The van der Waals surface area contributed by atoms with Crippen LogP contribution in [0, 0.1) is 5.92 Å². The maximum absolute atomic E-state index is 11.7. The molecule has 21 heavy (non-hydrogen) atoms. The Hall–Kier alpha value is -0.770. The summed E-state index contributed by atoms with van der Waals surface area (Å²) >= 11 is 12.0. The fraction of sp³-hybridized carbons (Fsp3) is 0.562. The van der Waals surface area contributed by atoms with Crippen molar-refractivity contribution in [3.05, 3.63) is 33.8 Å². The molecule has 1 amide bonds. The van der Waals surface area contributed by atoms with E-state index in [0.29, 0.717) is 28.9 Å². The van der Waals surface area contributed by atoms with Crippen molar-refractivity contribution in [3.63, 3.8) is 0 Å². The molecule has 2 N–H and O–H groups in total. The largest absolute Gasteiger partial charge is 0.356 e.